The zero-order chi connectivity index (χ0) is 15.6. The Labute approximate surface area is 135 Å². The molecule has 0 radical (unpaired) electrons. The van der Waals surface area contributed by atoms with Crippen molar-refractivity contribution in [3.8, 4) is 0 Å². The lowest BCUT2D eigenvalue weighted by atomic mass is 10.2. The van der Waals surface area contributed by atoms with Crippen LogP contribution in [-0.2, 0) is 16.6 Å². The number of benzene rings is 2. The Morgan fingerprint density at radius 2 is 1.95 bits per heavy atom. The molecule has 0 unspecified atom stereocenters. The molecule has 0 saturated carbocycles. The van der Waals surface area contributed by atoms with Gasteiger partial charge in [0.1, 0.15) is 5.82 Å². The second kappa shape index (κ2) is 6.31. The Kier molecular flexibility index (Phi) is 4.88. The van der Waals surface area contributed by atoms with Crippen molar-refractivity contribution in [2.45, 2.75) is 11.4 Å². The molecule has 2 rings (SSSR count). The van der Waals surface area contributed by atoms with Crippen LogP contribution in [0, 0.1) is 5.82 Å². The minimum absolute atomic E-state index is 0.0311. The molecule has 0 heterocycles. The van der Waals surface area contributed by atoms with Gasteiger partial charge in [0.25, 0.3) is 10.0 Å². The van der Waals surface area contributed by atoms with E-state index in [1.54, 1.807) is 0 Å². The summed E-state index contributed by atoms with van der Waals surface area (Å²) in [4.78, 5) is 0.0311. The van der Waals surface area contributed by atoms with Crippen molar-refractivity contribution >= 4 is 43.2 Å². The van der Waals surface area contributed by atoms with Gasteiger partial charge in [0.05, 0.1) is 10.6 Å². The Hall–Kier alpha value is -1.15. The summed E-state index contributed by atoms with van der Waals surface area (Å²) in [5.74, 6) is -0.471. The smallest absolute Gasteiger partial charge is 0.261 e. The molecule has 0 aliphatic carbocycles. The zero-order valence-corrected chi connectivity index (χ0v) is 13.8. The van der Waals surface area contributed by atoms with Crippen molar-refractivity contribution in [1.29, 1.82) is 0 Å². The van der Waals surface area contributed by atoms with Crippen LogP contribution in [-0.4, -0.2) is 8.42 Å². The first-order valence-corrected chi connectivity index (χ1v) is 8.45. The minimum atomic E-state index is -3.81. The normalized spacial score (nSPS) is 11.4. The predicted octanol–water partition coefficient (Wildman–Crippen LogP) is 3.50. The molecule has 3 N–H and O–H groups in total. The molecule has 4 nitrogen and oxygen atoms in total. The average Bonchev–Trinajstić information content (AvgIpc) is 2.42. The van der Waals surface area contributed by atoms with E-state index >= 15 is 0 Å². The predicted molar refractivity (Wildman–Crippen MR) is 84.3 cm³/mol. The van der Waals surface area contributed by atoms with Gasteiger partial charge in [-0.05, 0) is 57.9 Å². The summed E-state index contributed by atoms with van der Waals surface area (Å²) in [5.41, 5.74) is 6.27. The van der Waals surface area contributed by atoms with E-state index in [4.69, 9.17) is 17.3 Å². The topological polar surface area (TPSA) is 72.2 Å². The maximum absolute atomic E-state index is 13.0. The second-order valence-corrected chi connectivity index (χ2v) is 7.13. The molecular weight excluding hydrogens is 383 g/mol. The molecule has 0 aliphatic rings. The summed E-state index contributed by atoms with van der Waals surface area (Å²) in [7, 11) is -3.81. The van der Waals surface area contributed by atoms with E-state index in [1.165, 1.54) is 30.3 Å². The number of nitrogens with two attached hydrogens (primary N) is 1. The number of nitrogens with one attached hydrogen (secondary N) is 1. The fraction of sp³-hybridized carbons (Fsp3) is 0.0769. The third-order valence-electron chi connectivity index (χ3n) is 2.72. The van der Waals surface area contributed by atoms with Gasteiger partial charge in [-0.2, -0.15) is 0 Å². The fourth-order valence-electron chi connectivity index (χ4n) is 1.65. The zero-order valence-electron chi connectivity index (χ0n) is 10.6. The Morgan fingerprint density at radius 1 is 1.24 bits per heavy atom. The van der Waals surface area contributed by atoms with Gasteiger partial charge in [-0.3, -0.25) is 4.72 Å². The molecule has 112 valence electrons. The summed E-state index contributed by atoms with van der Waals surface area (Å²) in [6.07, 6.45) is 0. The van der Waals surface area contributed by atoms with Crippen LogP contribution < -0.4 is 10.5 Å². The molecule has 0 amide bonds. The first-order valence-electron chi connectivity index (χ1n) is 5.80. The van der Waals surface area contributed by atoms with Crippen molar-refractivity contribution < 1.29 is 12.8 Å². The number of hydrogen-bond acceptors (Lipinski definition) is 3. The van der Waals surface area contributed by atoms with Crippen molar-refractivity contribution in [3.63, 3.8) is 0 Å². The SMILES string of the molecule is NCc1cc(S(=O)(=O)Nc2ccc(F)cc2Br)ccc1Cl. The first-order chi connectivity index (χ1) is 9.83. The van der Waals surface area contributed by atoms with Crippen molar-refractivity contribution in [2.24, 2.45) is 5.73 Å². The fourth-order valence-corrected chi connectivity index (χ4v) is 3.56. The lowest BCUT2D eigenvalue weighted by molar-refractivity contribution is 0.600. The maximum Gasteiger partial charge on any atom is 0.261 e. The Morgan fingerprint density at radius 3 is 2.57 bits per heavy atom. The molecule has 8 heteroatoms. The van der Waals surface area contributed by atoms with Crippen LogP contribution in [0.2, 0.25) is 5.02 Å². The van der Waals surface area contributed by atoms with Crippen LogP contribution >= 0.6 is 27.5 Å². The van der Waals surface area contributed by atoms with Gasteiger partial charge in [-0.25, -0.2) is 12.8 Å². The molecule has 2 aromatic rings. The summed E-state index contributed by atoms with van der Waals surface area (Å²) < 4.78 is 40.3. The van der Waals surface area contributed by atoms with Crippen molar-refractivity contribution in [3.05, 3.63) is 57.3 Å². The third kappa shape index (κ3) is 3.74. The van der Waals surface area contributed by atoms with Crippen LogP contribution in [0.1, 0.15) is 5.56 Å². The van der Waals surface area contributed by atoms with Gasteiger partial charge in [0, 0.05) is 16.0 Å². The molecule has 21 heavy (non-hydrogen) atoms. The molecule has 0 bridgehead atoms. The molecule has 0 fully saturated rings. The highest BCUT2D eigenvalue weighted by Crippen LogP contribution is 2.27. The quantitative estimate of drug-likeness (QED) is 0.835. The van der Waals surface area contributed by atoms with Crippen LogP contribution in [0.15, 0.2) is 45.8 Å². The minimum Gasteiger partial charge on any atom is -0.326 e. The van der Waals surface area contributed by atoms with Gasteiger partial charge >= 0.3 is 0 Å². The first kappa shape index (κ1) is 16.2. The van der Waals surface area contributed by atoms with Crippen LogP contribution in [0.3, 0.4) is 0 Å². The van der Waals surface area contributed by atoms with E-state index in [2.05, 4.69) is 20.7 Å². The lowest BCUT2D eigenvalue weighted by Crippen LogP contribution is -2.14. The van der Waals surface area contributed by atoms with E-state index in [-0.39, 0.29) is 17.1 Å². The second-order valence-electron chi connectivity index (χ2n) is 4.19. The molecule has 0 spiro atoms. The summed E-state index contributed by atoms with van der Waals surface area (Å²) in [6, 6.07) is 7.92. The molecule has 0 aromatic heterocycles. The highest BCUT2D eigenvalue weighted by molar-refractivity contribution is 9.10. The van der Waals surface area contributed by atoms with Crippen LogP contribution in [0.4, 0.5) is 10.1 Å². The van der Waals surface area contributed by atoms with Gasteiger partial charge in [-0.15, -0.1) is 0 Å². The number of sulfonamides is 1. The van der Waals surface area contributed by atoms with E-state index < -0.39 is 15.8 Å². The average molecular weight is 394 g/mol. The van der Waals surface area contributed by atoms with Crippen molar-refractivity contribution in [1.82, 2.24) is 0 Å². The number of rotatable bonds is 4. The number of anilines is 1. The summed E-state index contributed by atoms with van der Waals surface area (Å²) >= 11 is 9.01. The van der Waals surface area contributed by atoms with Gasteiger partial charge in [-0.1, -0.05) is 11.6 Å². The standard InChI is InChI=1S/C13H11BrClFN2O2S/c14-11-6-9(16)1-4-13(11)18-21(19,20)10-2-3-12(15)8(5-10)7-17/h1-6,18H,7,17H2. The highest BCUT2D eigenvalue weighted by atomic mass is 79.9. The van der Waals surface area contributed by atoms with Crippen LogP contribution in [0.5, 0.6) is 0 Å². The van der Waals surface area contributed by atoms with Gasteiger partial charge in [0.2, 0.25) is 0 Å². The molecule has 0 atom stereocenters. The van der Waals surface area contributed by atoms with E-state index in [0.717, 1.165) is 6.07 Å². The lowest BCUT2D eigenvalue weighted by Gasteiger charge is -2.11. The Bertz CT molecular complexity index is 784. The maximum atomic E-state index is 13.0. The summed E-state index contributed by atoms with van der Waals surface area (Å²) in [6.45, 7) is 0.127. The monoisotopic (exact) mass is 392 g/mol. The Balaban J connectivity index is 2.38. The van der Waals surface area contributed by atoms with E-state index in [9.17, 15) is 12.8 Å². The van der Waals surface area contributed by atoms with Crippen molar-refractivity contribution in [2.75, 3.05) is 4.72 Å². The summed E-state index contributed by atoms with van der Waals surface area (Å²) in [5, 5.41) is 0.402. The van der Waals surface area contributed by atoms with E-state index in [1.807, 2.05) is 0 Å². The third-order valence-corrected chi connectivity index (χ3v) is 5.11. The van der Waals surface area contributed by atoms with E-state index in [0.29, 0.717) is 15.1 Å². The van der Waals surface area contributed by atoms with Gasteiger partial charge in [0.15, 0.2) is 0 Å². The molecule has 0 saturated heterocycles. The molecule has 2 aromatic carbocycles. The number of halogens is 3. The molecule has 0 aliphatic heterocycles. The van der Waals surface area contributed by atoms with Crippen LogP contribution in [0.25, 0.3) is 0 Å². The number of hydrogen-bond donors (Lipinski definition) is 2. The van der Waals surface area contributed by atoms with Gasteiger partial charge < -0.3 is 5.73 Å². The molecular formula is C13H11BrClFN2O2S. The largest absolute Gasteiger partial charge is 0.326 e. The highest BCUT2D eigenvalue weighted by Gasteiger charge is 2.17.